The van der Waals surface area contributed by atoms with E-state index in [1.165, 1.54) is 0 Å². The van der Waals surface area contributed by atoms with Gasteiger partial charge in [0.25, 0.3) is 5.91 Å². The molecular formula is C24H22ClN3O3. The van der Waals surface area contributed by atoms with E-state index in [9.17, 15) is 9.59 Å². The van der Waals surface area contributed by atoms with Crippen molar-refractivity contribution in [1.82, 2.24) is 4.98 Å². The molecule has 31 heavy (non-hydrogen) atoms. The van der Waals surface area contributed by atoms with Gasteiger partial charge in [-0.1, -0.05) is 31.5 Å². The summed E-state index contributed by atoms with van der Waals surface area (Å²) in [5.74, 6) is 0.797. The third-order valence-corrected chi connectivity index (χ3v) is 5.33. The lowest BCUT2D eigenvalue weighted by Crippen LogP contribution is -2.30. The Kier molecular flexibility index (Phi) is 5.91. The van der Waals surface area contributed by atoms with Crippen molar-refractivity contribution in [2.45, 2.75) is 13.8 Å². The Bertz CT molecular complexity index is 1130. The van der Waals surface area contributed by atoms with Crippen molar-refractivity contribution in [1.29, 1.82) is 0 Å². The first kappa shape index (κ1) is 20.9. The van der Waals surface area contributed by atoms with Gasteiger partial charge in [0, 0.05) is 23.4 Å². The molecule has 3 aromatic rings. The number of fused-ring (bicyclic) bond motifs is 1. The first-order valence-corrected chi connectivity index (χ1v) is 10.4. The summed E-state index contributed by atoms with van der Waals surface area (Å²) in [6, 6.07) is 15.8. The normalized spacial score (nSPS) is 12.8. The molecule has 1 aromatic heterocycles. The van der Waals surface area contributed by atoms with Crippen LogP contribution in [0.2, 0.25) is 5.02 Å². The third-order valence-electron chi connectivity index (χ3n) is 5.04. The van der Waals surface area contributed by atoms with Crippen LogP contribution in [0.1, 0.15) is 34.6 Å². The zero-order valence-electron chi connectivity index (χ0n) is 17.3. The number of carbonyl (C=O) groups excluding carboxylic acids is 2. The molecule has 0 atom stereocenters. The van der Waals surface area contributed by atoms with Crippen LogP contribution < -0.4 is 15.0 Å². The molecule has 0 aliphatic carbocycles. The topological polar surface area (TPSA) is 71.5 Å². The van der Waals surface area contributed by atoms with Crippen LogP contribution >= 0.6 is 11.6 Å². The van der Waals surface area contributed by atoms with E-state index < -0.39 is 0 Å². The second-order valence-corrected chi connectivity index (χ2v) is 7.92. The Labute approximate surface area is 185 Å². The van der Waals surface area contributed by atoms with Crippen LogP contribution in [0.4, 0.5) is 17.2 Å². The van der Waals surface area contributed by atoms with Crippen LogP contribution in [0.5, 0.6) is 5.75 Å². The number of rotatable bonds is 5. The lowest BCUT2D eigenvalue weighted by Gasteiger charge is -2.31. The maximum absolute atomic E-state index is 13.0. The van der Waals surface area contributed by atoms with Crippen LogP contribution in [0.3, 0.4) is 0 Å². The zero-order chi connectivity index (χ0) is 22.0. The molecule has 1 amide bonds. The van der Waals surface area contributed by atoms with Gasteiger partial charge in [-0.05, 0) is 48.5 Å². The highest BCUT2D eigenvalue weighted by Crippen LogP contribution is 2.40. The van der Waals surface area contributed by atoms with Gasteiger partial charge in [-0.15, -0.1) is 0 Å². The van der Waals surface area contributed by atoms with Crippen molar-refractivity contribution in [3.63, 3.8) is 0 Å². The molecule has 0 bridgehead atoms. The van der Waals surface area contributed by atoms with Crippen molar-refractivity contribution in [3.8, 4) is 5.75 Å². The highest BCUT2D eigenvalue weighted by molar-refractivity contribution is 6.33. The SMILES string of the molecule is CC(C)C(=O)c1ccc(NC(=O)c2cccc3c2OCCN3c2ncccc2Cl)cc1. The van der Waals surface area contributed by atoms with E-state index in [2.05, 4.69) is 10.3 Å². The minimum absolute atomic E-state index is 0.0664. The molecule has 0 spiro atoms. The predicted octanol–water partition coefficient (Wildman–Crippen LogP) is 5.36. The number of aromatic nitrogens is 1. The molecule has 0 unspecified atom stereocenters. The summed E-state index contributed by atoms with van der Waals surface area (Å²) in [5, 5.41) is 3.41. The molecule has 2 heterocycles. The zero-order valence-corrected chi connectivity index (χ0v) is 18.0. The minimum Gasteiger partial charge on any atom is -0.489 e. The van der Waals surface area contributed by atoms with Crippen LogP contribution in [-0.2, 0) is 0 Å². The number of pyridine rings is 1. The number of halogens is 1. The van der Waals surface area contributed by atoms with Crippen molar-refractivity contribution in [2.24, 2.45) is 5.92 Å². The predicted molar refractivity (Wildman–Crippen MR) is 122 cm³/mol. The summed E-state index contributed by atoms with van der Waals surface area (Å²) >= 11 is 6.34. The van der Waals surface area contributed by atoms with E-state index in [-0.39, 0.29) is 17.6 Å². The van der Waals surface area contributed by atoms with E-state index in [1.54, 1.807) is 54.7 Å². The molecule has 158 valence electrons. The fourth-order valence-electron chi connectivity index (χ4n) is 3.47. The van der Waals surface area contributed by atoms with Gasteiger partial charge in [0.2, 0.25) is 0 Å². The number of carbonyl (C=O) groups is 2. The first-order chi connectivity index (χ1) is 15.0. The molecule has 0 saturated heterocycles. The van der Waals surface area contributed by atoms with Crippen molar-refractivity contribution in [3.05, 3.63) is 76.9 Å². The van der Waals surface area contributed by atoms with Gasteiger partial charge in [-0.3, -0.25) is 9.59 Å². The first-order valence-electron chi connectivity index (χ1n) is 10.0. The second kappa shape index (κ2) is 8.78. The number of anilines is 3. The molecule has 1 aliphatic heterocycles. The quantitative estimate of drug-likeness (QED) is 0.546. The number of ether oxygens (including phenoxy) is 1. The summed E-state index contributed by atoms with van der Waals surface area (Å²) < 4.78 is 5.86. The number of amides is 1. The summed E-state index contributed by atoms with van der Waals surface area (Å²) in [6.45, 7) is 4.69. The Morgan fingerprint density at radius 3 is 2.58 bits per heavy atom. The smallest absolute Gasteiger partial charge is 0.259 e. The van der Waals surface area contributed by atoms with E-state index in [0.29, 0.717) is 46.6 Å². The van der Waals surface area contributed by atoms with Crippen molar-refractivity contribution in [2.75, 3.05) is 23.4 Å². The fraction of sp³-hybridized carbons (Fsp3) is 0.208. The van der Waals surface area contributed by atoms with Crippen LogP contribution in [0.25, 0.3) is 0 Å². The van der Waals surface area contributed by atoms with E-state index in [1.807, 2.05) is 24.8 Å². The maximum Gasteiger partial charge on any atom is 0.259 e. The minimum atomic E-state index is -0.297. The lowest BCUT2D eigenvalue weighted by molar-refractivity contribution is 0.0939. The van der Waals surface area contributed by atoms with Gasteiger partial charge in [0.05, 0.1) is 22.8 Å². The Morgan fingerprint density at radius 1 is 1.10 bits per heavy atom. The number of hydrogen-bond acceptors (Lipinski definition) is 5. The monoisotopic (exact) mass is 435 g/mol. The van der Waals surface area contributed by atoms with Gasteiger partial charge >= 0.3 is 0 Å². The average Bonchev–Trinajstić information content (AvgIpc) is 2.78. The maximum atomic E-state index is 13.0. The number of ketones is 1. The number of benzene rings is 2. The van der Waals surface area contributed by atoms with Crippen LogP contribution in [0, 0.1) is 5.92 Å². The molecule has 0 fully saturated rings. The summed E-state index contributed by atoms with van der Waals surface area (Å²) in [7, 11) is 0. The number of nitrogens with one attached hydrogen (secondary N) is 1. The van der Waals surface area contributed by atoms with Crippen molar-refractivity contribution >= 4 is 40.5 Å². The number of Topliss-reactive ketones (excluding diaryl/α,β-unsaturated/α-hetero) is 1. The van der Waals surface area contributed by atoms with Gasteiger partial charge in [0.15, 0.2) is 17.4 Å². The molecule has 2 aromatic carbocycles. The molecular weight excluding hydrogens is 414 g/mol. The van der Waals surface area contributed by atoms with Gasteiger partial charge in [0.1, 0.15) is 6.61 Å². The average molecular weight is 436 g/mol. The molecule has 6 nitrogen and oxygen atoms in total. The molecule has 1 N–H and O–H groups in total. The van der Waals surface area contributed by atoms with Gasteiger partial charge in [-0.2, -0.15) is 0 Å². The molecule has 7 heteroatoms. The van der Waals surface area contributed by atoms with Gasteiger partial charge in [-0.25, -0.2) is 4.98 Å². The van der Waals surface area contributed by atoms with E-state index in [0.717, 1.165) is 5.69 Å². The van der Waals surface area contributed by atoms with Crippen LogP contribution in [0.15, 0.2) is 60.8 Å². The highest BCUT2D eigenvalue weighted by atomic mass is 35.5. The Hall–Kier alpha value is -3.38. The fourth-order valence-corrected chi connectivity index (χ4v) is 3.70. The molecule has 0 saturated carbocycles. The third kappa shape index (κ3) is 4.25. The molecule has 4 rings (SSSR count). The summed E-state index contributed by atoms with van der Waals surface area (Å²) in [6.07, 6.45) is 1.68. The highest BCUT2D eigenvalue weighted by Gasteiger charge is 2.26. The number of para-hydroxylation sites is 1. The van der Waals surface area contributed by atoms with E-state index >= 15 is 0 Å². The Morgan fingerprint density at radius 2 is 1.87 bits per heavy atom. The van der Waals surface area contributed by atoms with Crippen LogP contribution in [-0.4, -0.2) is 29.8 Å². The summed E-state index contributed by atoms with van der Waals surface area (Å²) in [4.78, 5) is 31.5. The van der Waals surface area contributed by atoms with Gasteiger partial charge < -0.3 is 15.0 Å². The van der Waals surface area contributed by atoms with E-state index in [4.69, 9.17) is 16.3 Å². The lowest BCUT2D eigenvalue weighted by atomic mass is 10.0. The molecule has 0 radical (unpaired) electrons. The number of nitrogens with zero attached hydrogens (tertiary/aromatic N) is 2. The standard InChI is InChI=1S/C24H22ClN3O3/c1-15(2)21(29)16-8-10-17(11-9-16)27-24(30)18-5-3-7-20-22(18)31-14-13-28(20)23-19(25)6-4-12-26-23/h3-12,15H,13-14H2,1-2H3,(H,27,30). The number of hydrogen-bond donors (Lipinski definition) is 1. The molecule has 1 aliphatic rings. The second-order valence-electron chi connectivity index (χ2n) is 7.51. The van der Waals surface area contributed by atoms with Crippen molar-refractivity contribution < 1.29 is 14.3 Å². The Balaban J connectivity index is 1.60. The largest absolute Gasteiger partial charge is 0.489 e. The summed E-state index contributed by atoms with van der Waals surface area (Å²) in [5.41, 5.74) is 2.37.